The van der Waals surface area contributed by atoms with E-state index in [1.807, 2.05) is 78.9 Å². The first-order chi connectivity index (χ1) is 14.7. The smallest absolute Gasteiger partial charge is 0.233 e. The summed E-state index contributed by atoms with van der Waals surface area (Å²) in [5.41, 5.74) is 4.08. The number of nitrogens with zero attached hydrogens (tertiary/aromatic N) is 1. The van der Waals surface area contributed by atoms with Crippen LogP contribution in [-0.2, 0) is 29.0 Å². The molecule has 1 aliphatic rings. The first-order valence-corrected chi connectivity index (χ1v) is 10.3. The van der Waals surface area contributed by atoms with E-state index < -0.39 is 6.04 Å². The van der Waals surface area contributed by atoms with Crippen LogP contribution in [0, 0.1) is 5.92 Å². The lowest BCUT2D eigenvalue weighted by molar-refractivity contribution is -0.133. The molecule has 4 rings (SSSR count). The summed E-state index contributed by atoms with van der Waals surface area (Å²) in [6, 6.07) is 25.2. The quantitative estimate of drug-likeness (QED) is 0.411. The molecule has 1 fully saturated rings. The largest absolute Gasteiger partial charge is 0.489 e. The monoisotopic (exact) mass is 399 g/mol. The number of aryl methyl sites for hydroxylation is 1. The van der Waals surface area contributed by atoms with E-state index in [9.17, 15) is 9.59 Å². The summed E-state index contributed by atoms with van der Waals surface area (Å²) in [7, 11) is 0. The molecule has 1 heterocycles. The Morgan fingerprint density at radius 3 is 2.33 bits per heavy atom. The molecular weight excluding hydrogens is 374 g/mol. The van der Waals surface area contributed by atoms with E-state index in [1.165, 1.54) is 5.56 Å². The van der Waals surface area contributed by atoms with Gasteiger partial charge in [0.2, 0.25) is 5.91 Å². The molecule has 0 aliphatic carbocycles. The molecule has 1 saturated heterocycles. The van der Waals surface area contributed by atoms with Gasteiger partial charge in [0, 0.05) is 5.69 Å². The van der Waals surface area contributed by atoms with Crippen molar-refractivity contribution in [2.75, 3.05) is 4.90 Å². The number of carbonyl (C=O) groups excluding carboxylic acids is 2. The zero-order valence-corrected chi connectivity index (χ0v) is 17.0. The summed E-state index contributed by atoms with van der Waals surface area (Å²) < 4.78 is 5.89. The molecule has 0 radical (unpaired) electrons. The molecule has 0 unspecified atom stereocenters. The standard InChI is InChI=1S/C26H25NO3/c1-2-19-11-13-22(14-12-19)27-25(17-28)24(26(27)29)16-21-9-6-10-23(15-21)30-18-20-7-4-3-5-8-20/h3-15,17,24-25H,2,16,18H2,1H3/t24-,25+/m0/s1. The number of hydrogen-bond acceptors (Lipinski definition) is 3. The van der Waals surface area contributed by atoms with Gasteiger partial charge >= 0.3 is 0 Å². The van der Waals surface area contributed by atoms with Gasteiger partial charge in [-0.3, -0.25) is 4.79 Å². The van der Waals surface area contributed by atoms with Crippen LogP contribution in [0.2, 0.25) is 0 Å². The minimum Gasteiger partial charge on any atom is -0.489 e. The highest BCUT2D eigenvalue weighted by Crippen LogP contribution is 2.34. The lowest BCUT2D eigenvalue weighted by atomic mass is 9.82. The van der Waals surface area contributed by atoms with Gasteiger partial charge in [-0.05, 0) is 53.8 Å². The number of hydrogen-bond donors (Lipinski definition) is 0. The Bertz CT molecular complexity index is 1010. The molecule has 2 atom stereocenters. The molecule has 152 valence electrons. The second kappa shape index (κ2) is 8.95. The van der Waals surface area contributed by atoms with E-state index in [4.69, 9.17) is 4.74 Å². The number of amides is 1. The summed E-state index contributed by atoms with van der Waals surface area (Å²) >= 11 is 0. The van der Waals surface area contributed by atoms with Crippen LogP contribution < -0.4 is 9.64 Å². The minimum absolute atomic E-state index is 0.00745. The highest BCUT2D eigenvalue weighted by Gasteiger charge is 2.47. The van der Waals surface area contributed by atoms with Crippen molar-refractivity contribution in [2.45, 2.75) is 32.4 Å². The van der Waals surface area contributed by atoms with Gasteiger partial charge in [0.1, 0.15) is 24.7 Å². The SMILES string of the molecule is CCc1ccc(N2C(=O)[C@@H](Cc3cccc(OCc4ccccc4)c3)[C@H]2C=O)cc1. The Morgan fingerprint density at radius 2 is 1.63 bits per heavy atom. The first-order valence-electron chi connectivity index (χ1n) is 10.3. The van der Waals surface area contributed by atoms with E-state index in [1.54, 1.807) is 4.90 Å². The summed E-state index contributed by atoms with van der Waals surface area (Å²) in [6.45, 7) is 2.58. The first kappa shape index (κ1) is 19.9. The molecule has 1 amide bonds. The predicted octanol–water partition coefficient (Wildman–Crippen LogP) is 4.60. The summed E-state index contributed by atoms with van der Waals surface area (Å²) in [4.78, 5) is 26.2. The van der Waals surface area contributed by atoms with E-state index in [2.05, 4.69) is 6.92 Å². The third-order valence-corrected chi connectivity index (χ3v) is 5.63. The zero-order chi connectivity index (χ0) is 20.9. The van der Waals surface area contributed by atoms with Crippen molar-refractivity contribution in [3.8, 4) is 5.75 Å². The number of ether oxygens (including phenoxy) is 1. The van der Waals surface area contributed by atoms with Crippen LogP contribution in [0.5, 0.6) is 5.75 Å². The van der Waals surface area contributed by atoms with Crippen LogP contribution in [0.25, 0.3) is 0 Å². The molecule has 4 nitrogen and oxygen atoms in total. The average Bonchev–Trinajstić information content (AvgIpc) is 2.80. The van der Waals surface area contributed by atoms with Crippen molar-refractivity contribution in [1.82, 2.24) is 0 Å². The van der Waals surface area contributed by atoms with Crippen LogP contribution in [-0.4, -0.2) is 18.2 Å². The van der Waals surface area contributed by atoms with Gasteiger partial charge in [0.15, 0.2) is 0 Å². The van der Waals surface area contributed by atoms with Crippen molar-refractivity contribution in [3.05, 3.63) is 95.6 Å². The maximum absolute atomic E-state index is 12.8. The number of anilines is 1. The third kappa shape index (κ3) is 4.13. The minimum atomic E-state index is -0.432. The van der Waals surface area contributed by atoms with Gasteiger partial charge in [-0.25, -0.2) is 0 Å². The molecule has 0 aromatic heterocycles. The maximum atomic E-state index is 12.8. The molecule has 0 N–H and O–H groups in total. The Labute approximate surface area is 177 Å². The Kier molecular flexibility index (Phi) is 5.94. The highest BCUT2D eigenvalue weighted by atomic mass is 16.5. The molecule has 30 heavy (non-hydrogen) atoms. The number of carbonyl (C=O) groups is 2. The van der Waals surface area contributed by atoms with Crippen molar-refractivity contribution >= 4 is 17.9 Å². The molecular formula is C26H25NO3. The van der Waals surface area contributed by atoms with Gasteiger partial charge in [-0.15, -0.1) is 0 Å². The van der Waals surface area contributed by atoms with Crippen molar-refractivity contribution < 1.29 is 14.3 Å². The van der Waals surface area contributed by atoms with Crippen LogP contribution in [0.4, 0.5) is 5.69 Å². The average molecular weight is 399 g/mol. The van der Waals surface area contributed by atoms with Crippen LogP contribution in [0.15, 0.2) is 78.9 Å². The van der Waals surface area contributed by atoms with Gasteiger partial charge < -0.3 is 14.4 Å². The van der Waals surface area contributed by atoms with Gasteiger partial charge in [0.05, 0.1) is 5.92 Å². The summed E-state index contributed by atoms with van der Waals surface area (Å²) in [5.74, 6) is 0.419. The molecule has 3 aromatic carbocycles. The maximum Gasteiger partial charge on any atom is 0.233 e. The highest BCUT2D eigenvalue weighted by molar-refractivity contribution is 6.08. The van der Waals surface area contributed by atoms with Crippen LogP contribution >= 0.6 is 0 Å². The molecule has 0 saturated carbocycles. The second-order valence-electron chi connectivity index (χ2n) is 7.59. The van der Waals surface area contributed by atoms with E-state index in [0.717, 1.165) is 35.3 Å². The number of aldehydes is 1. The fourth-order valence-corrected chi connectivity index (χ4v) is 3.88. The molecule has 3 aromatic rings. The molecule has 4 heteroatoms. The second-order valence-corrected chi connectivity index (χ2v) is 7.59. The summed E-state index contributed by atoms with van der Waals surface area (Å²) in [6.07, 6.45) is 2.35. The predicted molar refractivity (Wildman–Crippen MR) is 118 cm³/mol. The van der Waals surface area contributed by atoms with Crippen LogP contribution in [0.3, 0.4) is 0 Å². The van der Waals surface area contributed by atoms with Crippen LogP contribution in [0.1, 0.15) is 23.6 Å². The molecule has 1 aliphatic heterocycles. The topological polar surface area (TPSA) is 46.6 Å². The normalized spacial score (nSPS) is 18.0. The Morgan fingerprint density at radius 1 is 0.900 bits per heavy atom. The van der Waals surface area contributed by atoms with Gasteiger partial charge in [-0.2, -0.15) is 0 Å². The van der Waals surface area contributed by atoms with Crippen molar-refractivity contribution in [2.24, 2.45) is 5.92 Å². The van der Waals surface area contributed by atoms with E-state index in [-0.39, 0.29) is 11.8 Å². The lowest BCUT2D eigenvalue weighted by Crippen LogP contribution is -2.62. The van der Waals surface area contributed by atoms with E-state index >= 15 is 0 Å². The van der Waals surface area contributed by atoms with Crippen molar-refractivity contribution in [1.29, 1.82) is 0 Å². The summed E-state index contributed by atoms with van der Waals surface area (Å²) in [5, 5.41) is 0. The van der Waals surface area contributed by atoms with Crippen molar-refractivity contribution in [3.63, 3.8) is 0 Å². The molecule has 0 spiro atoms. The Hall–Kier alpha value is -3.40. The third-order valence-electron chi connectivity index (χ3n) is 5.63. The number of benzene rings is 3. The molecule has 0 bridgehead atoms. The van der Waals surface area contributed by atoms with Gasteiger partial charge in [-0.1, -0.05) is 61.5 Å². The van der Waals surface area contributed by atoms with Gasteiger partial charge in [0.25, 0.3) is 0 Å². The lowest BCUT2D eigenvalue weighted by Gasteiger charge is -2.44. The fourth-order valence-electron chi connectivity index (χ4n) is 3.88. The fraction of sp³-hybridized carbons (Fsp3) is 0.231. The Balaban J connectivity index is 1.42. The van der Waals surface area contributed by atoms with E-state index in [0.29, 0.717) is 13.0 Å². The number of β-lactam (4-membered cyclic amide) rings is 1. The number of rotatable bonds is 8. The zero-order valence-electron chi connectivity index (χ0n) is 17.0.